The Bertz CT molecular complexity index is 519. The van der Waals surface area contributed by atoms with E-state index in [9.17, 15) is 17.6 Å². The number of benzene rings is 1. The monoisotopic (exact) mass is 259 g/mol. The maximum absolute atomic E-state index is 13.3. The molecule has 0 radical (unpaired) electrons. The van der Waals surface area contributed by atoms with Crippen molar-refractivity contribution in [3.05, 3.63) is 48.1 Å². The van der Waals surface area contributed by atoms with Crippen LogP contribution < -0.4 is 5.32 Å². The highest BCUT2D eigenvalue weighted by Crippen LogP contribution is 2.19. The summed E-state index contributed by atoms with van der Waals surface area (Å²) in [4.78, 5) is 3.69. The zero-order chi connectivity index (χ0) is 13.1. The molecule has 0 aliphatic rings. The summed E-state index contributed by atoms with van der Waals surface area (Å²) in [5.41, 5.74) is -0.360. The first kappa shape index (κ1) is 12.4. The van der Waals surface area contributed by atoms with Crippen molar-refractivity contribution in [2.75, 3.05) is 5.32 Å². The summed E-state index contributed by atoms with van der Waals surface area (Å²) < 4.78 is 52.1. The van der Waals surface area contributed by atoms with Gasteiger partial charge in [-0.05, 0) is 12.1 Å². The molecule has 7 heteroatoms. The molecule has 0 bridgehead atoms. The highest BCUT2D eigenvalue weighted by atomic mass is 19.3. The number of para-hydroxylation sites is 1. The lowest BCUT2D eigenvalue weighted by Gasteiger charge is -2.10. The zero-order valence-electron chi connectivity index (χ0n) is 9.08. The molecule has 0 atom stereocenters. The van der Waals surface area contributed by atoms with Crippen molar-refractivity contribution in [1.82, 2.24) is 9.55 Å². The second-order valence-corrected chi connectivity index (χ2v) is 3.48. The number of imidazole rings is 1. The molecular formula is C11H9F4N3. The average Bonchev–Trinajstić information content (AvgIpc) is 2.76. The zero-order valence-corrected chi connectivity index (χ0v) is 9.08. The van der Waals surface area contributed by atoms with Gasteiger partial charge in [0.1, 0.15) is 23.1 Å². The Kier molecular flexibility index (Phi) is 3.50. The van der Waals surface area contributed by atoms with E-state index >= 15 is 0 Å². The van der Waals surface area contributed by atoms with Crippen molar-refractivity contribution >= 4 is 5.69 Å². The fraction of sp³-hybridized carbons (Fsp3) is 0.182. The van der Waals surface area contributed by atoms with Crippen LogP contribution in [0.5, 0.6) is 0 Å². The van der Waals surface area contributed by atoms with Gasteiger partial charge in [-0.1, -0.05) is 6.07 Å². The second kappa shape index (κ2) is 5.07. The average molecular weight is 259 g/mol. The number of rotatable bonds is 4. The van der Waals surface area contributed by atoms with E-state index in [1.54, 1.807) is 0 Å². The molecule has 1 N–H and O–H groups in total. The van der Waals surface area contributed by atoms with Gasteiger partial charge in [0, 0.05) is 12.4 Å². The molecule has 1 aromatic carbocycles. The Labute approximate surface area is 100 Å². The van der Waals surface area contributed by atoms with Crippen molar-refractivity contribution in [3.8, 4) is 0 Å². The van der Waals surface area contributed by atoms with E-state index in [0.29, 0.717) is 4.57 Å². The van der Waals surface area contributed by atoms with Crippen LogP contribution in [0.2, 0.25) is 0 Å². The number of nitrogens with one attached hydrogen (secondary N) is 1. The van der Waals surface area contributed by atoms with E-state index < -0.39 is 18.2 Å². The first-order chi connectivity index (χ1) is 8.59. The highest BCUT2D eigenvalue weighted by molar-refractivity contribution is 5.46. The summed E-state index contributed by atoms with van der Waals surface area (Å²) in [6, 6.07) is 3.37. The van der Waals surface area contributed by atoms with Crippen molar-refractivity contribution in [2.24, 2.45) is 0 Å². The van der Waals surface area contributed by atoms with Crippen molar-refractivity contribution in [3.63, 3.8) is 0 Å². The minimum atomic E-state index is -2.74. The van der Waals surface area contributed by atoms with Crippen LogP contribution in [0.25, 0.3) is 0 Å². The maximum Gasteiger partial charge on any atom is 0.319 e. The van der Waals surface area contributed by atoms with Crippen LogP contribution in [0.3, 0.4) is 0 Å². The summed E-state index contributed by atoms with van der Waals surface area (Å²) in [5, 5.41) is 2.41. The quantitative estimate of drug-likeness (QED) is 0.855. The molecule has 3 nitrogen and oxygen atoms in total. The fourth-order valence-corrected chi connectivity index (χ4v) is 1.49. The first-order valence-electron chi connectivity index (χ1n) is 5.07. The third-order valence-corrected chi connectivity index (χ3v) is 2.35. The van der Waals surface area contributed by atoms with Crippen LogP contribution in [-0.4, -0.2) is 9.55 Å². The Balaban J connectivity index is 2.14. The van der Waals surface area contributed by atoms with Crippen LogP contribution in [0.4, 0.5) is 23.2 Å². The van der Waals surface area contributed by atoms with Gasteiger partial charge >= 0.3 is 6.55 Å². The van der Waals surface area contributed by atoms with Gasteiger partial charge in [-0.2, -0.15) is 8.78 Å². The van der Waals surface area contributed by atoms with Crippen molar-refractivity contribution < 1.29 is 17.6 Å². The number of anilines is 1. The molecular weight excluding hydrogens is 250 g/mol. The predicted molar refractivity (Wildman–Crippen MR) is 57.2 cm³/mol. The second-order valence-electron chi connectivity index (χ2n) is 3.48. The van der Waals surface area contributed by atoms with E-state index in [0.717, 1.165) is 18.3 Å². The molecule has 0 fully saturated rings. The number of halogens is 4. The van der Waals surface area contributed by atoms with E-state index in [4.69, 9.17) is 0 Å². The molecule has 0 amide bonds. The van der Waals surface area contributed by atoms with E-state index in [2.05, 4.69) is 10.3 Å². The molecule has 1 heterocycles. The third-order valence-electron chi connectivity index (χ3n) is 2.35. The lowest BCUT2D eigenvalue weighted by Crippen LogP contribution is -2.10. The number of aromatic nitrogens is 2. The standard InChI is InChI=1S/C11H9F4N3/c12-7-2-1-3-8(13)10(7)17-6-9-16-4-5-18(9)11(14)15/h1-5,11,17H,6H2. The smallest absolute Gasteiger partial charge is 0.319 e. The predicted octanol–water partition coefficient (Wildman–Crippen LogP) is 3.17. The molecule has 0 spiro atoms. The molecule has 2 aromatic rings. The summed E-state index contributed by atoms with van der Waals surface area (Å²) in [5.74, 6) is -1.58. The lowest BCUT2D eigenvalue weighted by molar-refractivity contribution is 0.0673. The van der Waals surface area contributed by atoms with Gasteiger partial charge in [0.2, 0.25) is 0 Å². The van der Waals surface area contributed by atoms with Gasteiger partial charge in [-0.3, -0.25) is 4.57 Å². The Hall–Kier alpha value is -2.05. The van der Waals surface area contributed by atoms with Crippen LogP contribution >= 0.6 is 0 Å². The van der Waals surface area contributed by atoms with E-state index in [-0.39, 0.29) is 18.1 Å². The summed E-state index contributed by atoms with van der Waals surface area (Å²) in [7, 11) is 0. The van der Waals surface area contributed by atoms with Crippen LogP contribution in [-0.2, 0) is 6.54 Å². The lowest BCUT2D eigenvalue weighted by atomic mass is 10.3. The van der Waals surface area contributed by atoms with Gasteiger partial charge in [0.15, 0.2) is 0 Å². The van der Waals surface area contributed by atoms with E-state index in [1.165, 1.54) is 12.3 Å². The number of hydrogen-bond acceptors (Lipinski definition) is 2. The van der Waals surface area contributed by atoms with Crippen LogP contribution in [0.1, 0.15) is 12.4 Å². The Morgan fingerprint density at radius 2 is 1.89 bits per heavy atom. The molecule has 96 valence electrons. The number of nitrogens with zero attached hydrogens (tertiary/aromatic N) is 2. The minimum Gasteiger partial charge on any atom is -0.373 e. The molecule has 0 saturated heterocycles. The topological polar surface area (TPSA) is 29.9 Å². The molecule has 18 heavy (non-hydrogen) atoms. The van der Waals surface area contributed by atoms with Gasteiger partial charge in [-0.15, -0.1) is 0 Å². The summed E-state index contributed by atoms with van der Waals surface area (Å²) in [6.45, 7) is -2.94. The van der Waals surface area contributed by atoms with E-state index in [1.807, 2.05) is 0 Å². The number of hydrogen-bond donors (Lipinski definition) is 1. The van der Waals surface area contributed by atoms with Crippen molar-refractivity contribution in [1.29, 1.82) is 0 Å². The normalized spacial score (nSPS) is 10.9. The largest absolute Gasteiger partial charge is 0.373 e. The van der Waals surface area contributed by atoms with Gasteiger partial charge < -0.3 is 5.32 Å². The summed E-state index contributed by atoms with van der Waals surface area (Å²) in [6.07, 6.45) is 2.29. The molecule has 1 aromatic heterocycles. The maximum atomic E-state index is 13.3. The fourth-order valence-electron chi connectivity index (χ4n) is 1.49. The molecule has 0 unspecified atom stereocenters. The van der Waals surface area contributed by atoms with Gasteiger partial charge in [0.25, 0.3) is 0 Å². The third kappa shape index (κ3) is 2.44. The van der Waals surface area contributed by atoms with Crippen molar-refractivity contribution in [2.45, 2.75) is 13.1 Å². The SMILES string of the molecule is Fc1cccc(F)c1NCc1nccn1C(F)F. The highest BCUT2D eigenvalue weighted by Gasteiger charge is 2.13. The molecule has 0 saturated carbocycles. The van der Waals surface area contributed by atoms with Gasteiger partial charge in [0.05, 0.1) is 6.54 Å². The summed E-state index contributed by atoms with van der Waals surface area (Å²) >= 11 is 0. The number of alkyl halides is 2. The molecule has 0 aliphatic heterocycles. The molecule has 2 rings (SSSR count). The Morgan fingerprint density at radius 1 is 1.22 bits per heavy atom. The molecule has 0 aliphatic carbocycles. The van der Waals surface area contributed by atoms with Crippen LogP contribution in [0.15, 0.2) is 30.6 Å². The van der Waals surface area contributed by atoms with Crippen LogP contribution in [0, 0.1) is 11.6 Å². The minimum absolute atomic E-state index is 0.00680. The first-order valence-corrected chi connectivity index (χ1v) is 5.07. The van der Waals surface area contributed by atoms with Gasteiger partial charge in [-0.25, -0.2) is 13.8 Å². The Morgan fingerprint density at radius 3 is 2.50 bits per heavy atom.